The fourth-order valence-corrected chi connectivity index (χ4v) is 3.33. The molecule has 0 aliphatic rings. The first-order chi connectivity index (χ1) is 7.55. The van der Waals surface area contributed by atoms with E-state index in [1.807, 2.05) is 0 Å². The predicted molar refractivity (Wildman–Crippen MR) is 57.1 cm³/mol. The van der Waals surface area contributed by atoms with Gasteiger partial charge in [0.15, 0.2) is 0 Å². The fourth-order valence-electron chi connectivity index (χ4n) is 1.31. The maximum atomic E-state index is 11.0. The molecule has 0 amide bonds. The smallest absolute Gasteiger partial charge is 0.744 e. The van der Waals surface area contributed by atoms with Crippen molar-refractivity contribution in [3.63, 3.8) is 0 Å². The van der Waals surface area contributed by atoms with Crippen molar-refractivity contribution in [1.29, 1.82) is 0 Å². The topological polar surface area (TPSA) is 114 Å². The molecule has 0 bridgehead atoms. The van der Waals surface area contributed by atoms with Crippen LogP contribution in [-0.2, 0) is 20.2 Å². The summed E-state index contributed by atoms with van der Waals surface area (Å²) in [5.74, 6) is 0. The van der Waals surface area contributed by atoms with E-state index in [4.69, 9.17) is 0 Å². The van der Waals surface area contributed by atoms with E-state index in [1.54, 1.807) is 0 Å². The average molecular weight is 322 g/mol. The molecule has 0 aliphatic carbocycles. The third-order valence-electron chi connectivity index (χ3n) is 1.96. The minimum absolute atomic E-state index is 0. The van der Waals surface area contributed by atoms with Crippen LogP contribution in [0.1, 0.15) is 12.5 Å². The minimum Gasteiger partial charge on any atom is -0.744 e. The molecule has 0 saturated carbocycles. The zero-order chi connectivity index (χ0) is 13.4. The Morgan fingerprint density at radius 3 is 1.84 bits per heavy atom. The first-order valence-corrected chi connectivity index (χ1v) is 7.07. The van der Waals surface area contributed by atoms with Crippen LogP contribution in [0.5, 0.6) is 0 Å². The number of hydrogen-bond acceptors (Lipinski definition) is 6. The molecule has 0 fully saturated rings. The molecule has 94 valence electrons. The van der Waals surface area contributed by atoms with Crippen molar-refractivity contribution in [3.8, 4) is 0 Å². The molecule has 10 heteroatoms. The van der Waals surface area contributed by atoms with Crippen molar-refractivity contribution in [2.75, 3.05) is 0 Å². The summed E-state index contributed by atoms with van der Waals surface area (Å²) >= 11 is 0. The number of hydrogen-bond donors (Lipinski definition) is 0. The second-order valence-electron chi connectivity index (χ2n) is 3.32. The van der Waals surface area contributed by atoms with Crippen LogP contribution >= 0.6 is 0 Å². The van der Waals surface area contributed by atoms with E-state index < -0.39 is 30.0 Å². The van der Waals surface area contributed by atoms with Gasteiger partial charge in [-0.15, -0.1) is 0 Å². The second kappa shape index (κ2) is 7.69. The Bertz CT molecular complexity index is 679. The standard InChI is InChI=1S/C9H10O6S2.2Na/c1-6(2)7-4-3-5-8(16(10,11)12)9(7)17(13,14)15;;/h3-5H,1H2,2H3,(H,10,11,12)(H,13,14,15);;/q;2*+1/p-2. The van der Waals surface area contributed by atoms with Gasteiger partial charge < -0.3 is 9.11 Å². The Kier molecular flexibility index (Phi) is 8.94. The average Bonchev–Trinajstić information content (AvgIpc) is 2.13. The van der Waals surface area contributed by atoms with Crippen molar-refractivity contribution in [2.45, 2.75) is 16.7 Å². The molecule has 0 heterocycles. The van der Waals surface area contributed by atoms with Crippen LogP contribution in [-0.4, -0.2) is 25.9 Å². The Hall–Kier alpha value is 0.780. The summed E-state index contributed by atoms with van der Waals surface area (Å²) in [6.07, 6.45) is 0. The van der Waals surface area contributed by atoms with Gasteiger partial charge in [0.25, 0.3) is 0 Å². The van der Waals surface area contributed by atoms with Gasteiger partial charge in [-0.3, -0.25) is 0 Å². The number of allylic oxidation sites excluding steroid dienone is 1. The molecule has 0 unspecified atom stereocenters. The van der Waals surface area contributed by atoms with E-state index in [2.05, 4.69) is 6.58 Å². The molecular formula is C9H8Na2O6S2. The van der Waals surface area contributed by atoms with Crippen LogP contribution < -0.4 is 59.1 Å². The second-order valence-corrected chi connectivity index (χ2v) is 5.99. The molecule has 0 N–H and O–H groups in total. The van der Waals surface area contributed by atoms with Crippen LogP contribution in [0.3, 0.4) is 0 Å². The largest absolute Gasteiger partial charge is 1.00 e. The number of benzene rings is 1. The molecule has 0 atom stereocenters. The van der Waals surface area contributed by atoms with Gasteiger partial charge in [-0.25, -0.2) is 16.8 Å². The summed E-state index contributed by atoms with van der Waals surface area (Å²) in [6.45, 7) is 4.82. The van der Waals surface area contributed by atoms with E-state index in [0.29, 0.717) is 0 Å². The van der Waals surface area contributed by atoms with Crippen molar-refractivity contribution in [2.24, 2.45) is 0 Å². The molecule has 0 spiro atoms. The zero-order valence-corrected chi connectivity index (χ0v) is 16.3. The Morgan fingerprint density at radius 1 is 1.05 bits per heavy atom. The quantitative estimate of drug-likeness (QED) is 0.405. The van der Waals surface area contributed by atoms with E-state index in [-0.39, 0.29) is 70.3 Å². The summed E-state index contributed by atoms with van der Waals surface area (Å²) in [6, 6.07) is 3.16. The molecule has 6 nitrogen and oxygen atoms in total. The van der Waals surface area contributed by atoms with Gasteiger partial charge in [0.05, 0.1) is 9.79 Å². The van der Waals surface area contributed by atoms with Crippen molar-refractivity contribution < 1.29 is 85.1 Å². The third kappa shape index (κ3) is 5.58. The maximum absolute atomic E-state index is 11.0. The summed E-state index contributed by atoms with van der Waals surface area (Å²) in [5.41, 5.74) is 0.00171. The Morgan fingerprint density at radius 2 is 1.53 bits per heavy atom. The SMILES string of the molecule is C=C(C)c1cccc(S(=O)(=O)[O-])c1S(=O)(=O)[O-].[Na+].[Na+]. The van der Waals surface area contributed by atoms with Gasteiger partial charge in [-0.1, -0.05) is 18.7 Å². The van der Waals surface area contributed by atoms with E-state index in [0.717, 1.165) is 6.07 Å². The summed E-state index contributed by atoms with van der Waals surface area (Å²) in [4.78, 5) is -2.09. The normalized spacial score (nSPS) is 11.1. The molecule has 19 heavy (non-hydrogen) atoms. The van der Waals surface area contributed by atoms with Gasteiger partial charge >= 0.3 is 59.1 Å². The van der Waals surface area contributed by atoms with Crippen LogP contribution in [0.2, 0.25) is 0 Å². The Balaban J connectivity index is 0. The van der Waals surface area contributed by atoms with Crippen LogP contribution in [0, 0.1) is 0 Å². The first-order valence-electron chi connectivity index (χ1n) is 4.26. The molecule has 1 rings (SSSR count). The van der Waals surface area contributed by atoms with E-state index in [1.165, 1.54) is 19.1 Å². The molecule has 0 saturated heterocycles. The van der Waals surface area contributed by atoms with Gasteiger partial charge in [0.2, 0.25) is 0 Å². The molecule has 0 aliphatic heterocycles. The first kappa shape index (κ1) is 22.1. The van der Waals surface area contributed by atoms with Crippen molar-refractivity contribution in [3.05, 3.63) is 30.3 Å². The van der Waals surface area contributed by atoms with Crippen LogP contribution in [0.25, 0.3) is 5.57 Å². The van der Waals surface area contributed by atoms with E-state index in [9.17, 15) is 25.9 Å². The summed E-state index contributed by atoms with van der Waals surface area (Å²) in [7, 11) is -10.1. The van der Waals surface area contributed by atoms with E-state index >= 15 is 0 Å². The maximum Gasteiger partial charge on any atom is 1.00 e. The van der Waals surface area contributed by atoms with Gasteiger partial charge in [0.1, 0.15) is 20.2 Å². The summed E-state index contributed by atoms with van der Waals surface area (Å²) < 4.78 is 65.7. The van der Waals surface area contributed by atoms with Gasteiger partial charge in [-0.2, -0.15) is 0 Å². The molecule has 0 radical (unpaired) electrons. The van der Waals surface area contributed by atoms with Crippen LogP contribution in [0.15, 0.2) is 34.6 Å². The summed E-state index contributed by atoms with van der Waals surface area (Å²) in [5, 5.41) is 0. The zero-order valence-electron chi connectivity index (χ0n) is 10.7. The molecular weight excluding hydrogens is 314 g/mol. The Labute approximate surface area is 156 Å². The molecule has 1 aromatic rings. The fraction of sp³-hybridized carbons (Fsp3) is 0.111. The minimum atomic E-state index is -5.08. The van der Waals surface area contributed by atoms with Crippen LogP contribution in [0.4, 0.5) is 0 Å². The monoisotopic (exact) mass is 322 g/mol. The predicted octanol–water partition coefficient (Wildman–Crippen LogP) is -5.46. The number of rotatable bonds is 3. The van der Waals surface area contributed by atoms with Gasteiger partial charge in [0, 0.05) is 0 Å². The third-order valence-corrected chi connectivity index (χ3v) is 3.91. The molecule has 0 aromatic heterocycles. The van der Waals surface area contributed by atoms with Crippen molar-refractivity contribution in [1.82, 2.24) is 0 Å². The van der Waals surface area contributed by atoms with Crippen molar-refractivity contribution >= 4 is 25.8 Å². The van der Waals surface area contributed by atoms with Gasteiger partial charge in [-0.05, 0) is 24.1 Å². The molecule has 1 aromatic carbocycles.